The quantitative estimate of drug-likeness (QED) is 0.460. The molecule has 1 atom stereocenters. The van der Waals surface area contributed by atoms with Crippen LogP contribution in [-0.2, 0) is 14.3 Å². The Morgan fingerprint density at radius 3 is 2.06 bits per heavy atom. The molecule has 1 saturated heterocycles. The van der Waals surface area contributed by atoms with E-state index in [0.29, 0.717) is 17.6 Å². The Balaban J connectivity index is 2.39. The maximum atomic E-state index is 11.4. The summed E-state index contributed by atoms with van der Waals surface area (Å²) in [6, 6.07) is 0. The number of carbonyl (C=O) groups excluding carboxylic acids is 2. The van der Waals surface area contributed by atoms with Crippen molar-refractivity contribution in [1.82, 2.24) is 0 Å². The summed E-state index contributed by atoms with van der Waals surface area (Å²) in [6.45, 7) is 2.03. The van der Waals surface area contributed by atoms with E-state index in [4.69, 9.17) is 0 Å². The van der Waals surface area contributed by atoms with Crippen molar-refractivity contribution in [3.05, 3.63) is 47.6 Å². The van der Waals surface area contributed by atoms with Gasteiger partial charge in [0, 0.05) is 17.6 Å². The first-order valence-corrected chi connectivity index (χ1v) is 5.18. The van der Waals surface area contributed by atoms with Gasteiger partial charge in [-0.05, 0) is 5.92 Å². The molecule has 2 bridgehead atoms. The fourth-order valence-electron chi connectivity index (χ4n) is 1.58. The van der Waals surface area contributed by atoms with Gasteiger partial charge in [-0.1, -0.05) is 43.4 Å². The van der Waals surface area contributed by atoms with Gasteiger partial charge < -0.3 is 4.74 Å². The Morgan fingerprint density at radius 1 is 1.06 bits per heavy atom. The third-order valence-electron chi connectivity index (χ3n) is 2.51. The summed E-state index contributed by atoms with van der Waals surface area (Å²) in [5.41, 5.74) is 1.04. The number of allylic oxidation sites excluding steroid dienone is 6. The molecular weight excluding hydrogens is 204 g/mol. The lowest BCUT2D eigenvalue weighted by molar-refractivity contribution is -0.155. The molecule has 82 valence electrons. The van der Waals surface area contributed by atoms with Crippen molar-refractivity contribution in [3.8, 4) is 0 Å². The summed E-state index contributed by atoms with van der Waals surface area (Å²) >= 11 is 0. The van der Waals surface area contributed by atoms with Crippen LogP contribution in [0.5, 0.6) is 0 Å². The van der Waals surface area contributed by atoms with Crippen molar-refractivity contribution < 1.29 is 14.3 Å². The molecule has 1 fully saturated rings. The zero-order valence-electron chi connectivity index (χ0n) is 8.97. The second-order valence-electron chi connectivity index (χ2n) is 3.87. The van der Waals surface area contributed by atoms with Crippen molar-refractivity contribution in [2.24, 2.45) is 5.92 Å². The van der Waals surface area contributed by atoms with E-state index in [1.54, 1.807) is 12.2 Å². The van der Waals surface area contributed by atoms with E-state index in [1.807, 2.05) is 31.2 Å². The lowest BCUT2D eigenvalue weighted by Gasteiger charge is -2.15. The number of hydrogen-bond acceptors (Lipinski definition) is 3. The van der Waals surface area contributed by atoms with Gasteiger partial charge in [-0.25, -0.2) is 9.59 Å². The molecule has 2 aliphatic rings. The number of cyclic esters (lactones) is 2. The monoisotopic (exact) mass is 216 g/mol. The summed E-state index contributed by atoms with van der Waals surface area (Å²) < 4.78 is 4.63. The number of rotatable bonds is 0. The van der Waals surface area contributed by atoms with Crippen LogP contribution in [0.3, 0.4) is 0 Å². The lowest BCUT2D eigenvalue weighted by Crippen LogP contribution is -2.23. The number of carbonyl (C=O) groups is 2. The first-order chi connectivity index (χ1) is 7.66. The highest BCUT2D eigenvalue weighted by Crippen LogP contribution is 2.21. The van der Waals surface area contributed by atoms with Crippen molar-refractivity contribution in [1.29, 1.82) is 0 Å². The Hall–Kier alpha value is -1.90. The van der Waals surface area contributed by atoms with Gasteiger partial charge in [-0.3, -0.25) is 0 Å². The van der Waals surface area contributed by atoms with Crippen molar-refractivity contribution in [3.63, 3.8) is 0 Å². The first kappa shape index (κ1) is 10.6. The van der Waals surface area contributed by atoms with E-state index in [-0.39, 0.29) is 5.92 Å². The molecule has 3 heteroatoms. The minimum atomic E-state index is -0.538. The predicted octanol–water partition coefficient (Wildman–Crippen LogP) is 2.07. The number of fused-ring (bicyclic) bond motifs is 2. The Bertz CT molecular complexity index is 410. The highest BCUT2D eigenvalue weighted by atomic mass is 16.6. The van der Waals surface area contributed by atoms with E-state index < -0.39 is 11.9 Å². The maximum absolute atomic E-state index is 11.4. The molecule has 0 amide bonds. The maximum Gasteiger partial charge on any atom is 0.342 e. The topological polar surface area (TPSA) is 43.4 Å². The summed E-state index contributed by atoms with van der Waals surface area (Å²) in [5.74, 6) is -0.799. The molecule has 16 heavy (non-hydrogen) atoms. The molecule has 0 aromatic rings. The number of hydrogen-bond donors (Lipinski definition) is 0. The normalized spacial score (nSPS) is 33.2. The van der Waals surface area contributed by atoms with Gasteiger partial charge >= 0.3 is 11.9 Å². The molecule has 2 rings (SSSR count). The largest absolute Gasteiger partial charge is 0.386 e. The van der Waals surface area contributed by atoms with Crippen LogP contribution in [0.1, 0.15) is 13.3 Å². The van der Waals surface area contributed by atoms with Crippen LogP contribution >= 0.6 is 0 Å². The van der Waals surface area contributed by atoms with E-state index in [0.717, 1.165) is 0 Å². The molecular formula is C13H12O3. The molecule has 0 aromatic heterocycles. The Labute approximate surface area is 93.8 Å². The minimum absolute atomic E-state index is 0.277. The second kappa shape index (κ2) is 4.31. The molecule has 1 aliphatic carbocycles. The van der Waals surface area contributed by atoms with Gasteiger partial charge in [0.15, 0.2) is 0 Å². The zero-order valence-corrected chi connectivity index (χ0v) is 8.97. The van der Waals surface area contributed by atoms with Crippen molar-refractivity contribution in [2.45, 2.75) is 13.3 Å². The van der Waals surface area contributed by atoms with E-state index in [2.05, 4.69) is 4.74 Å². The smallest absolute Gasteiger partial charge is 0.342 e. The average Bonchev–Trinajstić information content (AvgIpc) is 2.24. The lowest BCUT2D eigenvalue weighted by atomic mass is 10.00. The van der Waals surface area contributed by atoms with Crippen LogP contribution in [0.2, 0.25) is 0 Å². The minimum Gasteiger partial charge on any atom is -0.386 e. The van der Waals surface area contributed by atoms with Crippen LogP contribution in [0, 0.1) is 5.92 Å². The molecule has 0 radical (unpaired) electrons. The van der Waals surface area contributed by atoms with Gasteiger partial charge in [-0.2, -0.15) is 0 Å². The van der Waals surface area contributed by atoms with Crippen LogP contribution in [-0.4, -0.2) is 11.9 Å². The van der Waals surface area contributed by atoms with E-state index in [1.165, 1.54) is 0 Å². The SMILES string of the molecule is CC1C=C/C=C2\C/C(=C\C=C/1)C(=O)OC2=O. The summed E-state index contributed by atoms with van der Waals surface area (Å²) in [6.07, 6.45) is 11.4. The number of esters is 2. The molecule has 0 saturated carbocycles. The highest BCUT2D eigenvalue weighted by Gasteiger charge is 2.26. The van der Waals surface area contributed by atoms with Gasteiger partial charge in [0.1, 0.15) is 0 Å². The van der Waals surface area contributed by atoms with Gasteiger partial charge in [0.25, 0.3) is 0 Å². The first-order valence-electron chi connectivity index (χ1n) is 5.18. The average molecular weight is 216 g/mol. The van der Waals surface area contributed by atoms with Crippen LogP contribution < -0.4 is 0 Å². The highest BCUT2D eigenvalue weighted by molar-refractivity contribution is 6.07. The van der Waals surface area contributed by atoms with E-state index >= 15 is 0 Å². The van der Waals surface area contributed by atoms with Crippen molar-refractivity contribution >= 4 is 11.9 Å². The fourth-order valence-corrected chi connectivity index (χ4v) is 1.58. The van der Waals surface area contributed by atoms with E-state index in [9.17, 15) is 9.59 Å². The standard InChI is InChI=1S/C13H12O3/c1-9-4-2-6-10-8-11(7-3-5-9)13(15)16-12(10)14/h2-7,9H,8H2,1H3/b4-2-,5-3?,10-6+,11-7+. The zero-order chi connectivity index (χ0) is 11.5. The molecule has 0 aromatic carbocycles. The van der Waals surface area contributed by atoms with Gasteiger partial charge in [0.2, 0.25) is 0 Å². The van der Waals surface area contributed by atoms with Crippen molar-refractivity contribution in [2.75, 3.05) is 0 Å². The van der Waals surface area contributed by atoms with Crippen LogP contribution in [0.4, 0.5) is 0 Å². The third-order valence-corrected chi connectivity index (χ3v) is 2.51. The van der Waals surface area contributed by atoms with Gasteiger partial charge in [-0.15, -0.1) is 0 Å². The number of ether oxygens (including phenoxy) is 1. The summed E-state index contributed by atoms with van der Waals surface area (Å²) in [7, 11) is 0. The molecule has 3 nitrogen and oxygen atoms in total. The fraction of sp³-hybridized carbons (Fsp3) is 0.231. The predicted molar refractivity (Wildman–Crippen MR) is 59.3 cm³/mol. The molecule has 1 aliphatic heterocycles. The van der Waals surface area contributed by atoms with Crippen LogP contribution in [0.15, 0.2) is 47.6 Å². The Kier molecular flexibility index (Phi) is 2.86. The summed E-state index contributed by atoms with van der Waals surface area (Å²) in [4.78, 5) is 22.7. The Morgan fingerprint density at radius 2 is 1.56 bits per heavy atom. The van der Waals surface area contributed by atoms with Gasteiger partial charge in [0.05, 0.1) is 0 Å². The molecule has 1 unspecified atom stereocenters. The molecule has 0 N–H and O–H groups in total. The summed E-state index contributed by atoms with van der Waals surface area (Å²) in [5, 5.41) is 0. The third kappa shape index (κ3) is 2.19. The molecule has 1 heterocycles. The molecule has 0 spiro atoms. The van der Waals surface area contributed by atoms with Crippen LogP contribution in [0.25, 0.3) is 0 Å². The second-order valence-corrected chi connectivity index (χ2v) is 3.87.